The summed E-state index contributed by atoms with van der Waals surface area (Å²) in [5.74, 6) is 0. The van der Waals surface area contributed by atoms with Crippen LogP contribution in [-0.4, -0.2) is 8.95 Å². The molecule has 9 heavy (non-hydrogen) atoms. The minimum Gasteiger partial charge on any atom is -0.577 e. The molecule has 0 atom stereocenters. The van der Waals surface area contributed by atoms with Gasteiger partial charge in [0.15, 0.2) is 0 Å². The summed E-state index contributed by atoms with van der Waals surface area (Å²) in [7, 11) is 0. The van der Waals surface area contributed by atoms with E-state index in [0.717, 1.165) is 0 Å². The van der Waals surface area contributed by atoms with Crippen molar-refractivity contribution in [3.05, 3.63) is 21.0 Å². The van der Waals surface area contributed by atoms with Crippen LogP contribution in [0.4, 0.5) is 0 Å². The zero-order valence-electron chi connectivity index (χ0n) is 3.88. The van der Waals surface area contributed by atoms with E-state index >= 15 is 0 Å². The minimum atomic E-state index is -0.842. The molecule has 0 N–H and O–H groups in total. The fraction of sp³-hybridized carbons (Fsp3) is 0. The fourth-order valence-corrected chi connectivity index (χ4v) is 0.0872. The molecule has 0 rings (SSSR count). The molecule has 6 nitrogen and oxygen atoms in total. The maximum absolute atomic E-state index is 9.06. The largest absolute Gasteiger partial charge is 0.577 e. The zero-order valence-corrected chi connectivity index (χ0v) is 5.62. The predicted molar refractivity (Wildman–Crippen MR) is 24.8 cm³/mol. The van der Waals surface area contributed by atoms with Crippen LogP contribution < -0.4 is 0 Å². The molecule has 7 heteroatoms. The molecule has 0 aliphatic heterocycles. The molecule has 0 saturated carbocycles. The van der Waals surface area contributed by atoms with Gasteiger partial charge in [0.05, 0.1) is 0 Å². The van der Waals surface area contributed by atoms with E-state index in [4.69, 9.17) is 30.6 Å². The van der Waals surface area contributed by atoms with Crippen molar-refractivity contribution in [2.75, 3.05) is 0 Å². The van der Waals surface area contributed by atoms with Crippen LogP contribution in [0.25, 0.3) is 11.2 Å². The Kier molecular flexibility index (Phi) is 111. The van der Waals surface area contributed by atoms with E-state index in [2.05, 4.69) is 0 Å². The van der Waals surface area contributed by atoms with Gasteiger partial charge >= 0.3 is 34.8 Å². The Hall–Kier alpha value is -1.02. The van der Waals surface area contributed by atoms with E-state index in [9.17, 15) is 0 Å². The van der Waals surface area contributed by atoms with E-state index in [1.54, 1.807) is 0 Å². The molecule has 0 saturated heterocycles. The number of hydrogen-bond acceptors (Lipinski definition) is 4. The van der Waals surface area contributed by atoms with Gasteiger partial charge in [-0.1, -0.05) is 0 Å². The van der Waals surface area contributed by atoms with Crippen molar-refractivity contribution in [3.63, 3.8) is 0 Å². The van der Waals surface area contributed by atoms with Crippen LogP contribution >= 0.6 is 0 Å². The average molecular weight is 217 g/mol. The maximum atomic E-state index is 9.06. The molecular formula is C2N2O4Ru-2. The van der Waals surface area contributed by atoms with Gasteiger partial charge in [0.2, 0.25) is 0 Å². The van der Waals surface area contributed by atoms with Gasteiger partial charge in [-0.05, 0) is 0 Å². The number of nitrogens with zero attached hydrogens (tertiary/aromatic N) is 2. The molecule has 0 radical (unpaired) electrons. The third kappa shape index (κ3) is 179. The Labute approximate surface area is 56.4 Å². The predicted octanol–water partition coefficient (Wildman–Crippen LogP) is -0.152. The van der Waals surface area contributed by atoms with Crippen molar-refractivity contribution in [2.45, 2.75) is 0 Å². The number of nitroso groups, excluding NO2 is 2. The monoisotopic (exact) mass is 218 g/mol. The normalized spacial score (nSPS) is 3.56. The van der Waals surface area contributed by atoms with Crippen LogP contribution in [0.3, 0.4) is 0 Å². The first-order chi connectivity index (χ1) is 4.41. The van der Waals surface area contributed by atoms with Crippen molar-refractivity contribution < 1.29 is 25.8 Å². The summed E-state index contributed by atoms with van der Waals surface area (Å²) in [4.78, 5) is 32.6. The molecule has 0 aromatic carbocycles. The first-order valence-electron chi connectivity index (χ1n) is 1.13. The molecule has 0 aliphatic carbocycles. The Balaban J connectivity index is -0.0000000771. The van der Waals surface area contributed by atoms with E-state index in [1.165, 1.54) is 8.95 Å². The summed E-state index contributed by atoms with van der Waals surface area (Å²) >= 11 is -0.842. The zero-order chi connectivity index (χ0) is 8.12. The second-order valence-corrected chi connectivity index (χ2v) is 1.38. The molecule has 0 fully saturated rings. The van der Waals surface area contributed by atoms with E-state index in [0.29, 0.717) is 0 Å². The van der Waals surface area contributed by atoms with Gasteiger partial charge < -0.3 is 21.0 Å². The smallest absolute Gasteiger partial charge is 0.423 e. The van der Waals surface area contributed by atoms with Crippen molar-refractivity contribution >= 4 is 8.95 Å². The van der Waals surface area contributed by atoms with Crippen LogP contribution in [0.2, 0.25) is 0 Å². The third-order valence-electron chi connectivity index (χ3n) is 0.0722. The maximum Gasteiger partial charge on any atom is -0.423 e. The Morgan fingerprint density at radius 3 is 1.11 bits per heavy atom. The van der Waals surface area contributed by atoms with E-state index in [-0.39, 0.29) is 0 Å². The Morgan fingerprint density at radius 2 is 1.11 bits per heavy atom. The molecule has 0 aromatic heterocycles. The van der Waals surface area contributed by atoms with Crippen molar-refractivity contribution in [2.24, 2.45) is 0 Å². The van der Waals surface area contributed by atoms with Crippen molar-refractivity contribution in [1.29, 1.82) is 0 Å². The van der Waals surface area contributed by atoms with Gasteiger partial charge in [0.1, 0.15) is 0 Å². The van der Waals surface area contributed by atoms with Crippen LogP contribution in [0.15, 0.2) is 0 Å². The molecule has 0 bridgehead atoms. The van der Waals surface area contributed by atoms with Gasteiger partial charge in [0.25, 0.3) is 0 Å². The van der Waals surface area contributed by atoms with Crippen LogP contribution in [0.1, 0.15) is 0 Å². The first kappa shape index (κ1) is 15.7. The quantitative estimate of drug-likeness (QED) is 0.524. The third-order valence-corrected chi connectivity index (χ3v) is 0.427. The summed E-state index contributed by atoms with van der Waals surface area (Å²) in [6.07, 6.45) is 0. The molecule has 0 spiro atoms. The topological polar surface area (TPSA) is 113 Å². The van der Waals surface area contributed by atoms with E-state index in [1.807, 2.05) is 0 Å². The summed E-state index contributed by atoms with van der Waals surface area (Å²) in [6, 6.07) is 0. The van der Waals surface area contributed by atoms with Gasteiger partial charge in [-0.3, -0.25) is 0 Å². The van der Waals surface area contributed by atoms with Gasteiger partial charge in [-0.15, -0.1) is 0 Å². The fourth-order valence-electron chi connectivity index (χ4n) is 0.0147. The second-order valence-electron chi connectivity index (χ2n) is 0.233. The average Bonchev–Trinajstić information content (AvgIpc) is 1.98. The SMILES string of the molecule is O=[C]=[Ru]=[C]=O.[N-]=O.[N-]=O. The number of hydrogen-bond donors (Lipinski definition) is 0. The molecular weight excluding hydrogens is 217 g/mol. The number of rotatable bonds is 0. The number of carbonyl (C=O) groups excluding carboxylic acids is 2. The summed E-state index contributed by atoms with van der Waals surface area (Å²) in [5, 5.41) is 0. The van der Waals surface area contributed by atoms with Crippen LogP contribution in [0, 0.1) is 9.81 Å². The molecule has 0 aromatic rings. The second kappa shape index (κ2) is 63.6. The van der Waals surface area contributed by atoms with Gasteiger partial charge in [-0.2, -0.15) is 0 Å². The standard InChI is InChI=1S/2CO.2NO.Ru/c4*1-2;/q;;2*-1;. The van der Waals surface area contributed by atoms with Crippen LogP contribution in [-0.2, 0) is 25.8 Å². The first-order valence-corrected chi connectivity index (χ1v) is 2.87. The summed E-state index contributed by atoms with van der Waals surface area (Å²) in [5.41, 5.74) is 11.5. The summed E-state index contributed by atoms with van der Waals surface area (Å²) in [6.45, 7) is 0. The van der Waals surface area contributed by atoms with Gasteiger partial charge in [0, 0.05) is 0 Å². The Morgan fingerprint density at radius 1 is 0.889 bits per heavy atom. The van der Waals surface area contributed by atoms with Gasteiger partial charge in [-0.25, -0.2) is 0 Å². The van der Waals surface area contributed by atoms with Crippen LogP contribution in [0.5, 0.6) is 0 Å². The van der Waals surface area contributed by atoms with Crippen molar-refractivity contribution in [1.82, 2.24) is 0 Å². The molecule has 0 aliphatic rings. The molecule has 0 unspecified atom stereocenters. The molecule has 52 valence electrons. The molecule has 0 heterocycles. The Bertz CT molecular complexity index is 129. The minimum absolute atomic E-state index is 0.842. The molecule has 0 amide bonds. The van der Waals surface area contributed by atoms with E-state index < -0.39 is 16.2 Å². The van der Waals surface area contributed by atoms with Crippen molar-refractivity contribution in [3.8, 4) is 0 Å². The summed E-state index contributed by atoms with van der Waals surface area (Å²) < 4.78 is 2.87.